The van der Waals surface area contributed by atoms with Crippen LogP contribution < -0.4 is 4.74 Å². The SMILES string of the molecule is COC(=O)Cn1nc(-c2cc(OCCCC3CCCCC3)ccc2F)c2cccc(C)c21. The first-order valence-electron chi connectivity index (χ1n) is 11.5. The smallest absolute Gasteiger partial charge is 0.327 e. The Bertz CT molecular complexity index is 1090. The van der Waals surface area contributed by atoms with Gasteiger partial charge in [0, 0.05) is 10.9 Å². The van der Waals surface area contributed by atoms with Crippen molar-refractivity contribution in [1.29, 1.82) is 0 Å². The Balaban J connectivity index is 1.55. The predicted molar refractivity (Wildman–Crippen MR) is 123 cm³/mol. The lowest BCUT2D eigenvalue weighted by atomic mass is 9.86. The van der Waals surface area contributed by atoms with E-state index < -0.39 is 5.97 Å². The highest BCUT2D eigenvalue weighted by molar-refractivity contribution is 5.95. The van der Waals surface area contributed by atoms with Crippen molar-refractivity contribution in [1.82, 2.24) is 9.78 Å². The molecule has 1 saturated carbocycles. The molecule has 3 aromatic rings. The molecule has 2 aromatic carbocycles. The van der Waals surface area contributed by atoms with Gasteiger partial charge in [-0.2, -0.15) is 5.10 Å². The Morgan fingerprint density at radius 2 is 2.00 bits per heavy atom. The molecule has 1 aromatic heterocycles. The van der Waals surface area contributed by atoms with Gasteiger partial charge in [0.25, 0.3) is 0 Å². The van der Waals surface area contributed by atoms with E-state index >= 15 is 0 Å². The second-order valence-corrected chi connectivity index (χ2v) is 8.69. The molecule has 0 N–H and O–H groups in total. The van der Waals surface area contributed by atoms with Crippen molar-refractivity contribution >= 4 is 16.9 Å². The van der Waals surface area contributed by atoms with Crippen LogP contribution in [-0.4, -0.2) is 29.5 Å². The summed E-state index contributed by atoms with van der Waals surface area (Å²) in [5, 5.41) is 5.38. The Labute approximate surface area is 188 Å². The summed E-state index contributed by atoms with van der Waals surface area (Å²) >= 11 is 0. The van der Waals surface area contributed by atoms with E-state index in [0.29, 0.717) is 23.6 Å². The van der Waals surface area contributed by atoms with Gasteiger partial charge in [-0.25, -0.2) is 4.39 Å². The maximum absolute atomic E-state index is 14.9. The summed E-state index contributed by atoms with van der Waals surface area (Å²) in [6.45, 7) is 2.54. The van der Waals surface area contributed by atoms with Crippen molar-refractivity contribution < 1.29 is 18.7 Å². The summed E-state index contributed by atoms with van der Waals surface area (Å²) in [5.41, 5.74) is 2.62. The zero-order chi connectivity index (χ0) is 22.5. The van der Waals surface area contributed by atoms with Crippen LogP contribution in [0.1, 0.15) is 50.5 Å². The number of halogens is 1. The maximum Gasteiger partial charge on any atom is 0.327 e. The van der Waals surface area contributed by atoms with Crippen LogP contribution in [0.2, 0.25) is 0 Å². The van der Waals surface area contributed by atoms with Gasteiger partial charge in [0.1, 0.15) is 23.8 Å². The molecule has 0 aliphatic heterocycles. The first-order chi connectivity index (χ1) is 15.6. The molecule has 6 heteroatoms. The van der Waals surface area contributed by atoms with Crippen LogP contribution in [0.4, 0.5) is 4.39 Å². The number of benzene rings is 2. The Kier molecular flexibility index (Phi) is 7.08. The standard InChI is InChI=1S/C26H31FN2O3/c1-18-8-6-12-21-25(28-29(26(18)21)17-24(30)31-2)22-16-20(13-14-23(22)27)32-15-7-11-19-9-4-3-5-10-19/h6,8,12-14,16,19H,3-5,7,9-11,15,17H2,1-2H3. The lowest BCUT2D eigenvalue weighted by Gasteiger charge is -2.21. The van der Waals surface area contributed by atoms with Gasteiger partial charge in [-0.1, -0.05) is 50.3 Å². The molecule has 0 amide bonds. The van der Waals surface area contributed by atoms with E-state index in [1.807, 2.05) is 25.1 Å². The molecule has 0 radical (unpaired) electrons. The zero-order valence-electron chi connectivity index (χ0n) is 18.9. The van der Waals surface area contributed by atoms with Gasteiger partial charge in [0.05, 0.1) is 19.2 Å². The molecule has 1 aliphatic rings. The van der Waals surface area contributed by atoms with Crippen LogP contribution in [0.15, 0.2) is 36.4 Å². The molecule has 0 bridgehead atoms. The van der Waals surface area contributed by atoms with Gasteiger partial charge in [0.15, 0.2) is 0 Å². The lowest BCUT2D eigenvalue weighted by Crippen LogP contribution is -2.13. The first kappa shape index (κ1) is 22.3. The number of aryl methyl sites for hydroxylation is 1. The van der Waals surface area contributed by atoms with Crippen LogP contribution >= 0.6 is 0 Å². The third-order valence-electron chi connectivity index (χ3n) is 6.42. The monoisotopic (exact) mass is 438 g/mol. The normalized spacial score (nSPS) is 14.6. The molecule has 1 heterocycles. The third-order valence-corrected chi connectivity index (χ3v) is 6.42. The fraction of sp³-hybridized carbons (Fsp3) is 0.462. The van der Waals surface area contributed by atoms with Crippen LogP contribution in [-0.2, 0) is 16.1 Å². The molecule has 5 nitrogen and oxygen atoms in total. The molecule has 0 atom stereocenters. The summed E-state index contributed by atoms with van der Waals surface area (Å²) in [6, 6.07) is 10.6. The molecule has 170 valence electrons. The average Bonchev–Trinajstić information content (AvgIpc) is 3.17. The largest absolute Gasteiger partial charge is 0.494 e. The summed E-state index contributed by atoms with van der Waals surface area (Å²) in [7, 11) is 1.34. The first-order valence-corrected chi connectivity index (χ1v) is 11.5. The van der Waals surface area contributed by atoms with Gasteiger partial charge in [0.2, 0.25) is 0 Å². The minimum atomic E-state index is -0.403. The number of hydrogen-bond acceptors (Lipinski definition) is 4. The highest BCUT2D eigenvalue weighted by Gasteiger charge is 2.19. The molecule has 0 saturated heterocycles. The number of esters is 1. The predicted octanol–water partition coefficient (Wildman–Crippen LogP) is 6.06. The second kappa shape index (κ2) is 10.2. The second-order valence-electron chi connectivity index (χ2n) is 8.69. The minimum absolute atomic E-state index is 0.0309. The van der Waals surface area contributed by atoms with E-state index in [1.54, 1.807) is 16.8 Å². The Morgan fingerprint density at radius 1 is 1.19 bits per heavy atom. The number of aromatic nitrogens is 2. The maximum atomic E-state index is 14.9. The molecule has 32 heavy (non-hydrogen) atoms. The van der Waals surface area contributed by atoms with Gasteiger partial charge in [-0.05, 0) is 49.4 Å². The molecule has 0 unspecified atom stereocenters. The number of rotatable bonds is 8. The van der Waals surface area contributed by atoms with E-state index in [1.165, 1.54) is 51.7 Å². The van der Waals surface area contributed by atoms with Gasteiger partial charge < -0.3 is 9.47 Å². The van der Waals surface area contributed by atoms with E-state index in [2.05, 4.69) is 5.10 Å². The number of hydrogen-bond donors (Lipinski definition) is 0. The van der Waals surface area contributed by atoms with Crippen LogP contribution in [0.3, 0.4) is 0 Å². The molecule has 1 aliphatic carbocycles. The summed E-state index contributed by atoms with van der Waals surface area (Å²) < 4.78 is 27.2. The number of methoxy groups -OCH3 is 1. The van der Waals surface area contributed by atoms with Crippen molar-refractivity contribution in [3.63, 3.8) is 0 Å². The van der Waals surface area contributed by atoms with Crippen molar-refractivity contribution in [2.45, 2.75) is 58.4 Å². The molecule has 1 fully saturated rings. The number of carbonyl (C=O) groups excluding carboxylic acids is 1. The number of carbonyl (C=O) groups is 1. The van der Waals surface area contributed by atoms with E-state index in [4.69, 9.17) is 9.47 Å². The fourth-order valence-corrected chi connectivity index (χ4v) is 4.73. The summed E-state index contributed by atoms with van der Waals surface area (Å²) in [4.78, 5) is 11.9. The topological polar surface area (TPSA) is 53.4 Å². The molecular formula is C26H31FN2O3. The number of ether oxygens (including phenoxy) is 2. The quantitative estimate of drug-likeness (QED) is 0.317. The lowest BCUT2D eigenvalue weighted by molar-refractivity contribution is -0.141. The van der Waals surface area contributed by atoms with E-state index in [0.717, 1.165) is 28.8 Å². The van der Waals surface area contributed by atoms with Crippen LogP contribution in [0, 0.1) is 18.7 Å². The van der Waals surface area contributed by atoms with E-state index in [9.17, 15) is 9.18 Å². The average molecular weight is 439 g/mol. The van der Waals surface area contributed by atoms with Crippen molar-refractivity contribution in [2.24, 2.45) is 5.92 Å². The number of para-hydroxylation sites is 1. The summed E-state index contributed by atoms with van der Waals surface area (Å²) in [5.74, 6) is 0.684. The van der Waals surface area contributed by atoms with Crippen molar-refractivity contribution in [2.75, 3.05) is 13.7 Å². The van der Waals surface area contributed by atoms with Gasteiger partial charge in [-0.15, -0.1) is 0 Å². The highest BCUT2D eigenvalue weighted by atomic mass is 19.1. The Hall–Kier alpha value is -2.89. The molecular weight excluding hydrogens is 407 g/mol. The van der Waals surface area contributed by atoms with Gasteiger partial charge >= 0.3 is 5.97 Å². The number of fused-ring (bicyclic) bond motifs is 1. The van der Waals surface area contributed by atoms with Crippen molar-refractivity contribution in [3.05, 3.63) is 47.8 Å². The molecule has 0 spiro atoms. The Morgan fingerprint density at radius 3 is 2.78 bits per heavy atom. The third kappa shape index (κ3) is 4.95. The highest BCUT2D eigenvalue weighted by Crippen LogP contribution is 2.34. The minimum Gasteiger partial charge on any atom is -0.494 e. The van der Waals surface area contributed by atoms with E-state index in [-0.39, 0.29) is 12.4 Å². The summed E-state index contributed by atoms with van der Waals surface area (Å²) in [6.07, 6.45) is 8.94. The molecule has 4 rings (SSSR count). The van der Waals surface area contributed by atoms with Gasteiger partial charge in [-0.3, -0.25) is 9.48 Å². The van der Waals surface area contributed by atoms with Crippen molar-refractivity contribution in [3.8, 4) is 17.0 Å². The van der Waals surface area contributed by atoms with Crippen LogP contribution in [0.25, 0.3) is 22.2 Å². The zero-order valence-corrected chi connectivity index (χ0v) is 18.9. The fourth-order valence-electron chi connectivity index (χ4n) is 4.73. The van der Waals surface area contributed by atoms with Crippen LogP contribution in [0.5, 0.6) is 5.75 Å². The number of nitrogens with zero attached hydrogens (tertiary/aromatic N) is 2.